The molecular formula is C17H16ClN5O. The predicted octanol–water partition coefficient (Wildman–Crippen LogP) is 2.44. The molecule has 7 heteroatoms. The van der Waals surface area contributed by atoms with Crippen LogP contribution >= 0.6 is 11.6 Å². The second-order valence-electron chi connectivity index (χ2n) is 6.46. The van der Waals surface area contributed by atoms with E-state index in [1.165, 1.54) is 0 Å². The maximum absolute atomic E-state index is 12.7. The first kappa shape index (κ1) is 14.0. The van der Waals surface area contributed by atoms with Crippen LogP contribution in [-0.4, -0.2) is 25.7 Å². The zero-order valence-corrected chi connectivity index (χ0v) is 13.8. The molecule has 24 heavy (non-hydrogen) atoms. The van der Waals surface area contributed by atoms with Gasteiger partial charge >= 0.3 is 0 Å². The van der Waals surface area contributed by atoms with Crippen molar-refractivity contribution in [2.45, 2.75) is 31.8 Å². The summed E-state index contributed by atoms with van der Waals surface area (Å²) in [6.45, 7) is 2.01. The van der Waals surface area contributed by atoms with Crippen molar-refractivity contribution in [2.24, 2.45) is 0 Å². The first-order valence-corrected chi connectivity index (χ1v) is 8.56. The number of halogens is 1. The summed E-state index contributed by atoms with van der Waals surface area (Å²) >= 11 is 5.97. The Morgan fingerprint density at radius 3 is 2.67 bits per heavy atom. The molecule has 0 N–H and O–H groups in total. The van der Waals surface area contributed by atoms with Crippen LogP contribution in [0, 0.1) is 0 Å². The van der Waals surface area contributed by atoms with Crippen molar-refractivity contribution >= 4 is 22.8 Å². The number of fused-ring (bicyclic) bond motifs is 2. The lowest BCUT2D eigenvalue weighted by molar-refractivity contribution is 0.513. The van der Waals surface area contributed by atoms with Gasteiger partial charge < -0.3 is 4.90 Å². The summed E-state index contributed by atoms with van der Waals surface area (Å²) in [6.07, 6.45) is 3.94. The molecule has 0 unspecified atom stereocenters. The zero-order chi connectivity index (χ0) is 16.3. The molecule has 5 rings (SSSR count). The first-order chi connectivity index (χ1) is 11.7. The molecule has 0 saturated heterocycles. The van der Waals surface area contributed by atoms with Crippen LogP contribution < -0.4 is 10.5 Å². The van der Waals surface area contributed by atoms with Gasteiger partial charge in [-0.3, -0.25) is 9.36 Å². The fraction of sp³-hybridized carbons (Fsp3) is 0.353. The number of nitrogens with zero attached hydrogens (tertiary/aromatic N) is 5. The molecular weight excluding hydrogens is 326 g/mol. The Bertz CT molecular complexity index is 987. The average molecular weight is 342 g/mol. The van der Waals surface area contributed by atoms with Crippen molar-refractivity contribution in [3.8, 4) is 0 Å². The summed E-state index contributed by atoms with van der Waals surface area (Å²) in [4.78, 5) is 19.4. The van der Waals surface area contributed by atoms with Crippen LogP contribution in [0.3, 0.4) is 0 Å². The van der Waals surface area contributed by atoms with Gasteiger partial charge in [0.15, 0.2) is 11.3 Å². The summed E-state index contributed by atoms with van der Waals surface area (Å²) in [6, 6.07) is 7.77. The smallest absolute Gasteiger partial charge is 0.279 e. The lowest BCUT2D eigenvalue weighted by Crippen LogP contribution is -2.41. The number of benzene rings is 1. The molecule has 3 heterocycles. The molecule has 0 amide bonds. The number of anilines is 1. The number of aromatic nitrogens is 4. The molecule has 1 aliphatic carbocycles. The minimum atomic E-state index is 0.00940. The molecule has 122 valence electrons. The minimum absolute atomic E-state index is 0.00940. The minimum Gasteiger partial charge on any atom is -0.362 e. The Morgan fingerprint density at radius 2 is 1.92 bits per heavy atom. The van der Waals surface area contributed by atoms with E-state index in [0.717, 1.165) is 41.7 Å². The molecule has 0 spiro atoms. The topological polar surface area (TPSA) is 55.4 Å². The van der Waals surface area contributed by atoms with E-state index in [-0.39, 0.29) is 5.56 Å². The van der Waals surface area contributed by atoms with Crippen LogP contribution in [0.4, 0.5) is 5.69 Å². The number of rotatable bonds is 2. The summed E-state index contributed by atoms with van der Waals surface area (Å²) < 4.78 is 3.54. The lowest BCUT2D eigenvalue weighted by Gasteiger charge is -2.30. The second-order valence-corrected chi connectivity index (χ2v) is 6.90. The van der Waals surface area contributed by atoms with E-state index in [9.17, 15) is 4.79 Å². The van der Waals surface area contributed by atoms with Crippen molar-refractivity contribution in [3.05, 3.63) is 57.5 Å². The van der Waals surface area contributed by atoms with Crippen LogP contribution in [0.2, 0.25) is 5.02 Å². The van der Waals surface area contributed by atoms with Gasteiger partial charge in [0.2, 0.25) is 0 Å². The standard InChI is InChI=1S/C17H16ClN5O/c18-12-3-5-13(6-4-12)21-7-8-22-15(10-21)20-23-14(17(22)24)9-19-16(23)11-1-2-11/h3-6,9,11H,1-2,7-8,10H2. The van der Waals surface area contributed by atoms with Gasteiger partial charge in [0, 0.05) is 29.7 Å². The monoisotopic (exact) mass is 341 g/mol. The Labute approximate surface area is 143 Å². The van der Waals surface area contributed by atoms with Gasteiger partial charge in [-0.05, 0) is 37.1 Å². The zero-order valence-electron chi connectivity index (χ0n) is 13.0. The fourth-order valence-corrected chi connectivity index (χ4v) is 3.47. The highest BCUT2D eigenvalue weighted by molar-refractivity contribution is 6.30. The number of imidazole rings is 1. The van der Waals surface area contributed by atoms with E-state index in [1.807, 2.05) is 24.3 Å². The fourth-order valence-electron chi connectivity index (χ4n) is 3.35. The SMILES string of the molecule is O=c1c2cnc(C3CC3)n2nc2n1CCN(c1ccc(Cl)cc1)C2. The predicted molar refractivity (Wildman–Crippen MR) is 91.7 cm³/mol. The van der Waals surface area contributed by atoms with Crippen LogP contribution in [0.15, 0.2) is 35.3 Å². The Balaban J connectivity index is 1.58. The molecule has 2 aliphatic rings. The molecule has 1 saturated carbocycles. The van der Waals surface area contributed by atoms with Gasteiger partial charge in [0.1, 0.15) is 5.82 Å². The van der Waals surface area contributed by atoms with Gasteiger partial charge in [0.25, 0.3) is 5.56 Å². The molecule has 1 aromatic carbocycles. The maximum atomic E-state index is 12.7. The van der Waals surface area contributed by atoms with Crippen LogP contribution in [0.5, 0.6) is 0 Å². The van der Waals surface area contributed by atoms with Crippen LogP contribution in [0.1, 0.15) is 30.4 Å². The molecule has 2 aromatic heterocycles. The first-order valence-electron chi connectivity index (χ1n) is 8.18. The highest BCUT2D eigenvalue weighted by atomic mass is 35.5. The third-order valence-corrected chi connectivity index (χ3v) is 5.07. The Morgan fingerprint density at radius 1 is 1.12 bits per heavy atom. The molecule has 0 atom stereocenters. The third kappa shape index (κ3) is 2.13. The van der Waals surface area contributed by atoms with Crippen molar-refractivity contribution in [1.29, 1.82) is 0 Å². The lowest BCUT2D eigenvalue weighted by atomic mass is 10.2. The quantitative estimate of drug-likeness (QED) is 0.718. The Kier molecular flexibility index (Phi) is 2.97. The summed E-state index contributed by atoms with van der Waals surface area (Å²) in [5, 5.41) is 5.46. The van der Waals surface area contributed by atoms with E-state index < -0.39 is 0 Å². The van der Waals surface area contributed by atoms with Crippen molar-refractivity contribution in [3.63, 3.8) is 0 Å². The normalized spacial score (nSPS) is 17.3. The molecule has 1 aliphatic heterocycles. The van der Waals surface area contributed by atoms with Gasteiger partial charge in [-0.1, -0.05) is 11.6 Å². The van der Waals surface area contributed by atoms with Crippen molar-refractivity contribution in [1.82, 2.24) is 19.2 Å². The molecule has 0 radical (unpaired) electrons. The maximum Gasteiger partial charge on any atom is 0.279 e. The highest BCUT2D eigenvalue weighted by Crippen LogP contribution is 2.38. The molecule has 0 bridgehead atoms. The van der Waals surface area contributed by atoms with Gasteiger partial charge in [0.05, 0.1) is 12.7 Å². The van der Waals surface area contributed by atoms with E-state index in [0.29, 0.717) is 24.5 Å². The third-order valence-electron chi connectivity index (χ3n) is 4.82. The van der Waals surface area contributed by atoms with Gasteiger partial charge in [-0.15, -0.1) is 0 Å². The van der Waals surface area contributed by atoms with E-state index in [2.05, 4.69) is 9.88 Å². The summed E-state index contributed by atoms with van der Waals surface area (Å²) in [7, 11) is 0. The summed E-state index contributed by atoms with van der Waals surface area (Å²) in [5.41, 5.74) is 1.68. The molecule has 6 nitrogen and oxygen atoms in total. The number of hydrogen-bond acceptors (Lipinski definition) is 4. The highest BCUT2D eigenvalue weighted by Gasteiger charge is 2.30. The summed E-state index contributed by atoms with van der Waals surface area (Å²) in [5.74, 6) is 2.17. The average Bonchev–Trinajstić information content (AvgIpc) is 3.35. The number of hydrogen-bond donors (Lipinski definition) is 0. The van der Waals surface area contributed by atoms with E-state index in [4.69, 9.17) is 16.7 Å². The largest absolute Gasteiger partial charge is 0.362 e. The van der Waals surface area contributed by atoms with Crippen LogP contribution in [-0.2, 0) is 13.1 Å². The van der Waals surface area contributed by atoms with E-state index >= 15 is 0 Å². The molecule has 3 aromatic rings. The Hall–Kier alpha value is -2.34. The second kappa shape index (κ2) is 5.08. The molecule has 1 fully saturated rings. The van der Waals surface area contributed by atoms with Gasteiger partial charge in [-0.2, -0.15) is 5.10 Å². The van der Waals surface area contributed by atoms with Crippen molar-refractivity contribution in [2.75, 3.05) is 11.4 Å². The van der Waals surface area contributed by atoms with Gasteiger partial charge in [-0.25, -0.2) is 9.50 Å². The van der Waals surface area contributed by atoms with E-state index in [1.54, 1.807) is 15.3 Å². The van der Waals surface area contributed by atoms with Crippen molar-refractivity contribution < 1.29 is 0 Å². The van der Waals surface area contributed by atoms with Crippen LogP contribution in [0.25, 0.3) is 5.52 Å².